The third kappa shape index (κ3) is 5.66. The van der Waals surface area contributed by atoms with Gasteiger partial charge in [-0.15, -0.1) is 5.10 Å². The van der Waals surface area contributed by atoms with Crippen molar-refractivity contribution in [3.8, 4) is 11.5 Å². The quantitative estimate of drug-likeness (QED) is 0.382. The molecule has 2 aliphatic rings. The molecule has 1 aliphatic carbocycles. The largest absolute Gasteiger partial charge is 0.497 e. The van der Waals surface area contributed by atoms with Crippen LogP contribution >= 0.6 is 11.8 Å². The highest BCUT2D eigenvalue weighted by molar-refractivity contribution is 7.99. The van der Waals surface area contributed by atoms with Gasteiger partial charge in [0.1, 0.15) is 11.5 Å². The van der Waals surface area contributed by atoms with E-state index in [1.807, 2.05) is 55.5 Å². The number of benzene rings is 2. The molecule has 0 saturated heterocycles. The molecule has 1 aliphatic heterocycles. The number of hydrogen-bond donors (Lipinski definition) is 1. The van der Waals surface area contributed by atoms with Crippen LogP contribution in [0.3, 0.4) is 0 Å². The van der Waals surface area contributed by atoms with Crippen molar-refractivity contribution in [1.82, 2.24) is 19.8 Å². The van der Waals surface area contributed by atoms with Crippen LogP contribution in [-0.4, -0.2) is 51.4 Å². The van der Waals surface area contributed by atoms with Gasteiger partial charge in [0.15, 0.2) is 5.16 Å². The maximum atomic E-state index is 13.7. The maximum absolute atomic E-state index is 13.7. The molecule has 2 atom stereocenters. The normalized spacial score (nSPS) is 19.6. The molecule has 0 radical (unpaired) electrons. The molecule has 204 valence electrons. The first-order valence-electron chi connectivity index (χ1n) is 13.2. The van der Waals surface area contributed by atoms with Gasteiger partial charge in [0.05, 0.1) is 31.7 Å². The topological polar surface area (TPSA) is 102 Å². The van der Waals surface area contributed by atoms with Crippen molar-refractivity contribution in [3.63, 3.8) is 0 Å². The van der Waals surface area contributed by atoms with E-state index in [1.165, 1.54) is 11.8 Å². The first-order chi connectivity index (χ1) is 19.0. The zero-order valence-electron chi connectivity index (χ0n) is 22.4. The van der Waals surface area contributed by atoms with E-state index in [1.54, 1.807) is 23.8 Å². The molecule has 3 aromatic rings. The molecule has 5 rings (SSSR count). The number of rotatable bonds is 9. The second kappa shape index (κ2) is 11.9. The van der Waals surface area contributed by atoms with E-state index in [9.17, 15) is 9.59 Å². The molecule has 0 spiro atoms. The fourth-order valence-corrected chi connectivity index (χ4v) is 6.09. The van der Waals surface area contributed by atoms with Gasteiger partial charge >= 0.3 is 5.69 Å². The van der Waals surface area contributed by atoms with E-state index < -0.39 is 0 Å². The van der Waals surface area contributed by atoms with Gasteiger partial charge in [-0.25, -0.2) is 14.9 Å². The zero-order valence-corrected chi connectivity index (χ0v) is 23.2. The van der Waals surface area contributed by atoms with Crippen LogP contribution in [0.15, 0.2) is 69.2 Å². The standard InChI is InChI=1S/C29H33N5O4S/c1-4-16-33-28(36)30-31-29(33)39-18-25(35)34-27(20-10-14-23(38-3)15-11-20)24-7-5-6-21(26(24)32-34)17-19-8-12-22(37-2)13-9-19/h8-15,17,24,27H,4-7,16,18H2,1-3H3,(H,30,36)/b21-17-. The Morgan fingerprint density at radius 2 is 1.79 bits per heavy atom. The molecule has 2 heterocycles. The molecule has 1 fully saturated rings. The van der Waals surface area contributed by atoms with E-state index in [0.29, 0.717) is 11.7 Å². The van der Waals surface area contributed by atoms with Gasteiger partial charge in [-0.1, -0.05) is 43.0 Å². The SMILES string of the molecule is CCCn1c(SCC(=O)N2N=C3/C(=C\c4ccc(OC)cc4)CCCC3C2c2ccc(OC)cc2)n[nH]c1=O. The summed E-state index contributed by atoms with van der Waals surface area (Å²) in [5.74, 6) is 1.68. The van der Waals surface area contributed by atoms with E-state index >= 15 is 0 Å². The number of amides is 1. The summed E-state index contributed by atoms with van der Waals surface area (Å²) in [5, 5.41) is 13.7. The lowest BCUT2D eigenvalue weighted by molar-refractivity contribution is -0.130. The van der Waals surface area contributed by atoms with Crippen molar-refractivity contribution >= 4 is 29.5 Å². The summed E-state index contributed by atoms with van der Waals surface area (Å²) in [6.45, 7) is 2.55. The van der Waals surface area contributed by atoms with Gasteiger partial charge in [-0.05, 0) is 72.7 Å². The van der Waals surface area contributed by atoms with Crippen LogP contribution in [0, 0.1) is 5.92 Å². The molecule has 2 unspecified atom stereocenters. The summed E-state index contributed by atoms with van der Waals surface area (Å²) >= 11 is 1.26. The zero-order chi connectivity index (χ0) is 27.4. The van der Waals surface area contributed by atoms with E-state index in [4.69, 9.17) is 14.6 Å². The van der Waals surface area contributed by atoms with E-state index in [2.05, 4.69) is 16.3 Å². The number of fused-ring (bicyclic) bond motifs is 1. The number of H-pyrrole nitrogens is 1. The Kier molecular flexibility index (Phi) is 8.21. The number of nitrogens with zero attached hydrogens (tertiary/aromatic N) is 4. The Morgan fingerprint density at radius 1 is 1.10 bits per heavy atom. The van der Waals surface area contributed by atoms with Crippen LogP contribution in [0.1, 0.15) is 49.8 Å². The summed E-state index contributed by atoms with van der Waals surface area (Å²) in [5.41, 5.74) is 3.96. The number of methoxy groups -OCH3 is 2. The molecule has 1 saturated carbocycles. The predicted molar refractivity (Wildman–Crippen MR) is 152 cm³/mol. The van der Waals surface area contributed by atoms with Crippen LogP contribution in [0.4, 0.5) is 0 Å². The Labute approximate surface area is 231 Å². The first-order valence-corrected chi connectivity index (χ1v) is 14.2. The monoisotopic (exact) mass is 547 g/mol. The van der Waals surface area contributed by atoms with Gasteiger partial charge in [-0.3, -0.25) is 9.36 Å². The average Bonchev–Trinajstić information content (AvgIpc) is 3.53. The van der Waals surface area contributed by atoms with Gasteiger partial charge in [0, 0.05) is 12.5 Å². The van der Waals surface area contributed by atoms with Crippen molar-refractivity contribution in [2.45, 2.75) is 50.4 Å². The Hall–Kier alpha value is -3.79. The molecule has 1 amide bonds. The number of nitrogens with one attached hydrogen (secondary N) is 1. The third-order valence-corrected chi connectivity index (χ3v) is 8.13. The number of hydrogen-bond acceptors (Lipinski definition) is 7. The number of hydrazone groups is 1. The number of allylic oxidation sites excluding steroid dienone is 1. The smallest absolute Gasteiger partial charge is 0.343 e. The average molecular weight is 548 g/mol. The molecule has 1 N–H and O–H groups in total. The fourth-order valence-electron chi connectivity index (χ4n) is 5.27. The summed E-state index contributed by atoms with van der Waals surface area (Å²) in [7, 11) is 3.30. The lowest BCUT2D eigenvalue weighted by Crippen LogP contribution is -2.33. The third-order valence-electron chi connectivity index (χ3n) is 7.17. The minimum Gasteiger partial charge on any atom is -0.497 e. The number of aromatic nitrogens is 3. The highest BCUT2D eigenvalue weighted by Crippen LogP contribution is 2.45. The summed E-state index contributed by atoms with van der Waals surface area (Å²) in [6, 6.07) is 15.6. The van der Waals surface area contributed by atoms with Crippen LogP contribution < -0.4 is 15.2 Å². The first kappa shape index (κ1) is 26.8. The maximum Gasteiger partial charge on any atom is 0.343 e. The number of carbonyl (C=O) groups excluding carboxylic acids is 1. The Morgan fingerprint density at radius 3 is 2.46 bits per heavy atom. The highest BCUT2D eigenvalue weighted by Gasteiger charge is 2.43. The molecule has 39 heavy (non-hydrogen) atoms. The number of thioether (sulfide) groups is 1. The van der Waals surface area contributed by atoms with Gasteiger partial charge in [0.2, 0.25) is 0 Å². The Balaban J connectivity index is 1.45. The van der Waals surface area contributed by atoms with Crippen molar-refractivity contribution < 1.29 is 14.3 Å². The molecule has 0 bridgehead atoms. The van der Waals surface area contributed by atoms with Gasteiger partial charge in [0.25, 0.3) is 5.91 Å². The van der Waals surface area contributed by atoms with E-state index in [-0.39, 0.29) is 29.3 Å². The van der Waals surface area contributed by atoms with Gasteiger partial charge < -0.3 is 9.47 Å². The second-order valence-corrected chi connectivity index (χ2v) is 10.6. The molecule has 1 aromatic heterocycles. The van der Waals surface area contributed by atoms with Crippen LogP contribution in [0.2, 0.25) is 0 Å². The minimum absolute atomic E-state index is 0.0919. The van der Waals surface area contributed by atoms with Crippen LogP contribution in [0.25, 0.3) is 6.08 Å². The number of aromatic amines is 1. The minimum atomic E-state index is -0.261. The predicted octanol–water partition coefficient (Wildman–Crippen LogP) is 4.91. The number of carbonyl (C=O) groups is 1. The fraction of sp³-hybridized carbons (Fsp3) is 0.379. The molecule has 9 nitrogen and oxygen atoms in total. The molecule has 2 aromatic carbocycles. The van der Waals surface area contributed by atoms with Crippen molar-refractivity contribution in [1.29, 1.82) is 0 Å². The van der Waals surface area contributed by atoms with Crippen LogP contribution in [0.5, 0.6) is 11.5 Å². The van der Waals surface area contributed by atoms with Crippen molar-refractivity contribution in [2.75, 3.05) is 20.0 Å². The molecule has 10 heteroatoms. The van der Waals surface area contributed by atoms with Gasteiger partial charge in [-0.2, -0.15) is 5.10 Å². The molecular weight excluding hydrogens is 514 g/mol. The lowest BCUT2D eigenvalue weighted by Gasteiger charge is -2.29. The van der Waals surface area contributed by atoms with Crippen LogP contribution in [-0.2, 0) is 11.3 Å². The molecular formula is C29H33N5O4S. The number of ether oxygens (including phenoxy) is 2. The Bertz CT molecular complexity index is 1430. The summed E-state index contributed by atoms with van der Waals surface area (Å²) < 4.78 is 12.2. The highest BCUT2D eigenvalue weighted by atomic mass is 32.2. The van der Waals surface area contributed by atoms with E-state index in [0.717, 1.165) is 59.6 Å². The van der Waals surface area contributed by atoms with Crippen molar-refractivity contribution in [2.24, 2.45) is 11.0 Å². The van der Waals surface area contributed by atoms with Crippen molar-refractivity contribution in [3.05, 3.63) is 75.7 Å². The summed E-state index contributed by atoms with van der Waals surface area (Å²) in [6.07, 6.45) is 5.84. The second-order valence-electron chi connectivity index (χ2n) is 9.63. The summed E-state index contributed by atoms with van der Waals surface area (Å²) in [4.78, 5) is 25.8. The lowest BCUT2D eigenvalue weighted by atomic mass is 9.77.